The Morgan fingerprint density at radius 2 is 1.75 bits per heavy atom. The maximum Gasteiger partial charge on any atom is 0.419 e. The number of pyridine rings is 1. The number of ether oxygens (including phenoxy) is 1. The quantitative estimate of drug-likeness (QED) is 0.541. The van der Waals surface area contributed by atoms with Crippen molar-refractivity contribution < 1.29 is 14.3 Å². The molecule has 0 radical (unpaired) electrons. The van der Waals surface area contributed by atoms with Crippen LogP contribution in [0.5, 0.6) is 0 Å². The van der Waals surface area contributed by atoms with Crippen molar-refractivity contribution in [2.75, 3.05) is 0 Å². The number of imide groups is 1. The molecule has 2 amide bonds. The van der Waals surface area contributed by atoms with Crippen molar-refractivity contribution in [2.24, 2.45) is 0 Å². The molecule has 0 aliphatic carbocycles. The summed E-state index contributed by atoms with van der Waals surface area (Å²) < 4.78 is 5.00. The fourth-order valence-corrected chi connectivity index (χ4v) is 4.43. The van der Waals surface area contributed by atoms with Crippen LogP contribution in [0.25, 0.3) is 22.0 Å². The number of rotatable bonds is 6. The lowest BCUT2D eigenvalue weighted by atomic mass is 9.75. The van der Waals surface area contributed by atoms with Gasteiger partial charge in [0, 0.05) is 16.7 Å². The van der Waals surface area contributed by atoms with Crippen molar-refractivity contribution in [3.05, 3.63) is 81.8 Å². The van der Waals surface area contributed by atoms with Gasteiger partial charge in [0.1, 0.15) is 0 Å². The van der Waals surface area contributed by atoms with Gasteiger partial charge >= 0.3 is 6.09 Å². The Labute approximate surface area is 186 Å². The van der Waals surface area contributed by atoms with Crippen molar-refractivity contribution in [1.82, 2.24) is 10.3 Å². The van der Waals surface area contributed by atoms with Crippen LogP contribution >= 0.6 is 0 Å². The van der Waals surface area contributed by atoms with E-state index in [0.29, 0.717) is 18.4 Å². The van der Waals surface area contributed by atoms with E-state index < -0.39 is 17.4 Å². The molecule has 1 aliphatic heterocycles. The number of carbonyl (C=O) groups excluding carboxylic acids is 2. The number of aryl methyl sites for hydroxylation is 1. The van der Waals surface area contributed by atoms with Crippen LogP contribution in [0.3, 0.4) is 0 Å². The number of aromatic nitrogens is 1. The molecule has 0 unspecified atom stereocenters. The second-order valence-corrected chi connectivity index (χ2v) is 8.04. The van der Waals surface area contributed by atoms with Gasteiger partial charge in [0.25, 0.3) is 11.5 Å². The van der Waals surface area contributed by atoms with E-state index in [1.54, 1.807) is 6.08 Å². The Bertz CT molecular complexity index is 1300. The van der Waals surface area contributed by atoms with Crippen LogP contribution in [0.1, 0.15) is 44.7 Å². The van der Waals surface area contributed by atoms with Crippen molar-refractivity contribution in [1.29, 1.82) is 0 Å². The van der Waals surface area contributed by atoms with Crippen LogP contribution in [0.4, 0.5) is 4.79 Å². The largest absolute Gasteiger partial charge is 0.419 e. The minimum absolute atomic E-state index is 0.0659. The summed E-state index contributed by atoms with van der Waals surface area (Å²) in [6.07, 6.45) is 2.86. The van der Waals surface area contributed by atoms with Crippen molar-refractivity contribution in [3.63, 3.8) is 0 Å². The third kappa shape index (κ3) is 3.73. The fourth-order valence-electron chi connectivity index (χ4n) is 4.43. The van der Waals surface area contributed by atoms with Gasteiger partial charge in [-0.05, 0) is 59.4 Å². The van der Waals surface area contributed by atoms with E-state index in [0.717, 1.165) is 17.7 Å². The van der Waals surface area contributed by atoms with Crippen LogP contribution in [0.2, 0.25) is 0 Å². The third-order valence-electron chi connectivity index (χ3n) is 6.42. The molecule has 2 N–H and O–H groups in total. The monoisotopic (exact) mass is 430 g/mol. The van der Waals surface area contributed by atoms with Crippen LogP contribution in [0, 0.1) is 0 Å². The zero-order chi connectivity index (χ0) is 22.9. The lowest BCUT2D eigenvalue weighted by Crippen LogP contribution is -2.31. The number of alkyl carbamates (subject to hydrolysis) is 1. The molecule has 4 rings (SSSR count). The maximum absolute atomic E-state index is 13.2. The lowest BCUT2D eigenvalue weighted by Gasteiger charge is -2.28. The summed E-state index contributed by atoms with van der Waals surface area (Å²) in [7, 11) is 0. The van der Waals surface area contributed by atoms with Crippen molar-refractivity contribution in [2.45, 2.75) is 45.4 Å². The van der Waals surface area contributed by atoms with Gasteiger partial charge in [-0.2, -0.15) is 0 Å². The molecule has 164 valence electrons. The van der Waals surface area contributed by atoms with E-state index in [2.05, 4.69) is 47.6 Å². The van der Waals surface area contributed by atoms with Gasteiger partial charge in [-0.25, -0.2) is 4.79 Å². The van der Waals surface area contributed by atoms with E-state index in [-0.39, 0.29) is 11.3 Å². The van der Waals surface area contributed by atoms with Gasteiger partial charge in [0.2, 0.25) is 0 Å². The second-order valence-electron chi connectivity index (χ2n) is 8.04. The number of cyclic esters (lactones) is 1. The average molecular weight is 431 g/mol. The highest BCUT2D eigenvalue weighted by Gasteiger charge is 2.35. The second kappa shape index (κ2) is 8.46. The van der Waals surface area contributed by atoms with E-state index in [4.69, 9.17) is 4.74 Å². The molecule has 0 atom stereocenters. The molecule has 2 aromatic carbocycles. The number of carbonyl (C=O) groups is 2. The summed E-state index contributed by atoms with van der Waals surface area (Å²) in [5, 5.41) is 4.44. The summed E-state index contributed by atoms with van der Waals surface area (Å²) in [5.41, 5.74) is 2.49. The van der Waals surface area contributed by atoms with Gasteiger partial charge in [-0.15, -0.1) is 0 Å². The Kier molecular flexibility index (Phi) is 5.70. The van der Waals surface area contributed by atoms with E-state index >= 15 is 0 Å². The molecule has 1 saturated heterocycles. The number of H-pyrrole nitrogens is 1. The summed E-state index contributed by atoms with van der Waals surface area (Å²) in [5.74, 6) is -0.652. The smallest absolute Gasteiger partial charge is 0.404 e. The Hall–Kier alpha value is -3.67. The van der Waals surface area contributed by atoms with E-state index in [1.165, 1.54) is 16.3 Å². The summed E-state index contributed by atoms with van der Waals surface area (Å²) in [6, 6.07) is 16.1. The number of aromatic amines is 1. The number of fused-ring (bicyclic) bond motifs is 1. The predicted molar refractivity (Wildman–Crippen MR) is 124 cm³/mol. The Morgan fingerprint density at radius 1 is 0.969 bits per heavy atom. The van der Waals surface area contributed by atoms with Gasteiger partial charge < -0.3 is 9.72 Å². The zero-order valence-electron chi connectivity index (χ0n) is 18.5. The topological polar surface area (TPSA) is 88.3 Å². The molecular weight excluding hydrogens is 404 g/mol. The molecule has 6 nitrogen and oxygen atoms in total. The first-order valence-corrected chi connectivity index (χ1v) is 10.9. The molecule has 1 fully saturated rings. The van der Waals surface area contributed by atoms with E-state index in [1.807, 2.05) is 32.0 Å². The zero-order valence-corrected chi connectivity index (χ0v) is 18.5. The van der Waals surface area contributed by atoms with Crippen LogP contribution in [-0.4, -0.2) is 17.0 Å². The summed E-state index contributed by atoms with van der Waals surface area (Å²) in [4.78, 5) is 39.6. The lowest BCUT2D eigenvalue weighted by molar-refractivity contribution is -0.116. The molecule has 32 heavy (non-hydrogen) atoms. The molecule has 3 aromatic rings. The normalized spacial score (nSPS) is 15.3. The summed E-state index contributed by atoms with van der Waals surface area (Å²) >= 11 is 0. The van der Waals surface area contributed by atoms with Gasteiger partial charge in [-0.3, -0.25) is 14.9 Å². The highest BCUT2D eigenvalue weighted by molar-refractivity contribution is 6.07. The Morgan fingerprint density at radius 3 is 2.38 bits per heavy atom. The van der Waals surface area contributed by atoms with Crippen molar-refractivity contribution >= 4 is 22.8 Å². The van der Waals surface area contributed by atoms with Crippen LogP contribution in [0.15, 0.2) is 65.2 Å². The molecule has 2 heterocycles. The average Bonchev–Trinajstić information content (AvgIpc) is 3.13. The van der Waals surface area contributed by atoms with Crippen molar-refractivity contribution in [3.8, 4) is 11.3 Å². The molecule has 6 heteroatoms. The molecule has 0 saturated carbocycles. The highest BCUT2D eigenvalue weighted by Crippen LogP contribution is 2.34. The highest BCUT2D eigenvalue weighted by atomic mass is 16.6. The molecule has 1 aliphatic rings. The molecule has 1 aromatic heterocycles. The standard InChI is InChI=1S/C26H26N2O4/c1-4-16-8-7-9-17-10-11-18(14-19(16)17)21-13-12-20(23(29)27-21)26(5-2,6-3)15-22-24(30)28-25(31)32-22/h7-15H,4-6H2,1-3H3,(H,27,29)(H,28,30,31). The molecule has 0 spiro atoms. The summed E-state index contributed by atoms with van der Waals surface area (Å²) in [6.45, 7) is 6.01. The van der Waals surface area contributed by atoms with Crippen LogP contribution < -0.4 is 10.9 Å². The fraction of sp³-hybridized carbons (Fsp3) is 0.269. The Balaban J connectivity index is 1.78. The number of benzene rings is 2. The minimum Gasteiger partial charge on any atom is -0.404 e. The number of hydrogen-bond donors (Lipinski definition) is 2. The van der Waals surface area contributed by atoms with Gasteiger partial charge in [0.15, 0.2) is 5.76 Å². The maximum atomic E-state index is 13.2. The predicted octanol–water partition coefficient (Wildman–Crippen LogP) is 4.97. The number of nitrogens with one attached hydrogen (secondary N) is 2. The first kappa shape index (κ1) is 21.6. The number of allylic oxidation sites excluding steroid dienone is 1. The first-order chi connectivity index (χ1) is 15.4. The minimum atomic E-state index is -0.797. The number of hydrogen-bond acceptors (Lipinski definition) is 4. The number of amides is 2. The SMILES string of the molecule is CCc1cccc2ccc(-c3ccc(C(C=C4OC(=O)NC4=O)(CC)CC)c(=O)[nH]3)cc12. The molecular formula is C26H26N2O4. The molecule has 0 bridgehead atoms. The van der Waals surface area contributed by atoms with Gasteiger partial charge in [0.05, 0.1) is 0 Å². The van der Waals surface area contributed by atoms with Gasteiger partial charge in [-0.1, -0.05) is 57.2 Å². The van der Waals surface area contributed by atoms with Crippen LogP contribution in [-0.2, 0) is 21.4 Å². The third-order valence-corrected chi connectivity index (χ3v) is 6.42. The first-order valence-electron chi connectivity index (χ1n) is 10.9. The van der Waals surface area contributed by atoms with E-state index in [9.17, 15) is 14.4 Å².